The molecule has 4 rings (SSSR count). The number of carbonyl (C=O) groups is 1. The Balaban J connectivity index is 1.54. The molecule has 0 radical (unpaired) electrons. The third kappa shape index (κ3) is 4.49. The Morgan fingerprint density at radius 1 is 1.03 bits per heavy atom. The Kier molecular flexibility index (Phi) is 5.79. The fourth-order valence-corrected chi connectivity index (χ4v) is 5.34. The lowest BCUT2D eigenvalue weighted by Gasteiger charge is -2.09. The molecule has 2 N–H and O–H groups in total. The van der Waals surface area contributed by atoms with Gasteiger partial charge in [-0.15, -0.1) is 0 Å². The van der Waals surface area contributed by atoms with Crippen molar-refractivity contribution in [2.75, 3.05) is 10.0 Å². The van der Waals surface area contributed by atoms with Crippen LogP contribution in [0.2, 0.25) is 5.02 Å². The first-order valence-corrected chi connectivity index (χ1v) is 12.0. The van der Waals surface area contributed by atoms with Crippen molar-refractivity contribution >= 4 is 75.8 Å². The summed E-state index contributed by atoms with van der Waals surface area (Å²) < 4.78 is 29.3. The highest BCUT2D eigenvalue weighted by Crippen LogP contribution is 2.31. The molecule has 0 bridgehead atoms. The van der Waals surface area contributed by atoms with E-state index in [0.717, 1.165) is 14.7 Å². The molecule has 1 heterocycles. The van der Waals surface area contributed by atoms with E-state index in [1.165, 1.54) is 41.7 Å². The summed E-state index contributed by atoms with van der Waals surface area (Å²) >= 11 is 10.6. The van der Waals surface area contributed by atoms with Gasteiger partial charge >= 0.3 is 0 Å². The van der Waals surface area contributed by atoms with Crippen LogP contribution in [0.15, 0.2) is 76.1 Å². The maximum Gasteiger partial charge on any atom is 0.261 e. The molecule has 0 saturated heterocycles. The van der Waals surface area contributed by atoms with E-state index >= 15 is 0 Å². The van der Waals surface area contributed by atoms with E-state index in [1.54, 1.807) is 18.2 Å². The summed E-state index contributed by atoms with van der Waals surface area (Å²) in [4.78, 5) is 17.1. The molecule has 4 aromatic rings. The van der Waals surface area contributed by atoms with Crippen molar-refractivity contribution in [3.05, 3.63) is 81.8 Å². The third-order valence-electron chi connectivity index (χ3n) is 4.09. The first-order valence-electron chi connectivity index (χ1n) is 8.57. The number of amides is 1. The van der Waals surface area contributed by atoms with E-state index in [-0.39, 0.29) is 10.6 Å². The number of benzene rings is 3. The van der Waals surface area contributed by atoms with Crippen LogP contribution in [0.1, 0.15) is 10.4 Å². The van der Waals surface area contributed by atoms with Crippen molar-refractivity contribution in [1.29, 1.82) is 0 Å². The highest BCUT2D eigenvalue weighted by Gasteiger charge is 2.16. The zero-order valence-electron chi connectivity index (χ0n) is 15.1. The Hall–Kier alpha value is -2.46. The maximum atomic E-state index is 12.7. The quantitative estimate of drug-likeness (QED) is 0.348. The largest absolute Gasteiger partial charge is 0.298 e. The molecule has 1 amide bonds. The number of anilines is 2. The van der Waals surface area contributed by atoms with Gasteiger partial charge in [0.25, 0.3) is 15.9 Å². The second-order valence-corrected chi connectivity index (χ2v) is 10.2. The minimum absolute atomic E-state index is 0.0711. The maximum absolute atomic E-state index is 12.7. The van der Waals surface area contributed by atoms with Crippen LogP contribution in [0.5, 0.6) is 0 Å². The Morgan fingerprint density at radius 2 is 1.77 bits per heavy atom. The fraction of sp³-hybridized carbons (Fsp3) is 0. The number of hydrogen-bond acceptors (Lipinski definition) is 5. The molecule has 0 unspecified atom stereocenters. The molecule has 0 fully saturated rings. The van der Waals surface area contributed by atoms with E-state index in [0.29, 0.717) is 15.7 Å². The number of fused-ring (bicyclic) bond motifs is 1. The van der Waals surface area contributed by atoms with Crippen LogP contribution in [0.25, 0.3) is 10.2 Å². The van der Waals surface area contributed by atoms with Gasteiger partial charge in [-0.1, -0.05) is 35.1 Å². The van der Waals surface area contributed by atoms with Gasteiger partial charge in [-0.3, -0.25) is 14.8 Å². The van der Waals surface area contributed by atoms with Gasteiger partial charge in [0.2, 0.25) is 0 Å². The summed E-state index contributed by atoms with van der Waals surface area (Å²) in [7, 11) is -3.81. The number of halogens is 2. The zero-order chi connectivity index (χ0) is 21.3. The van der Waals surface area contributed by atoms with E-state index in [4.69, 9.17) is 11.6 Å². The molecule has 0 atom stereocenters. The first-order chi connectivity index (χ1) is 14.3. The van der Waals surface area contributed by atoms with Crippen LogP contribution in [-0.2, 0) is 10.0 Å². The van der Waals surface area contributed by atoms with Gasteiger partial charge in [0, 0.05) is 20.7 Å². The van der Waals surface area contributed by atoms with Gasteiger partial charge in [0.05, 0.1) is 15.1 Å². The molecule has 0 saturated carbocycles. The average molecular weight is 523 g/mol. The molecule has 152 valence electrons. The first kappa shape index (κ1) is 20.8. The molecule has 1 aromatic heterocycles. The zero-order valence-corrected chi connectivity index (χ0v) is 19.1. The number of carbonyl (C=O) groups excluding carboxylic acids is 1. The van der Waals surface area contributed by atoms with Gasteiger partial charge in [0.15, 0.2) is 5.13 Å². The lowest BCUT2D eigenvalue weighted by Crippen LogP contribution is -2.15. The summed E-state index contributed by atoms with van der Waals surface area (Å²) in [6.45, 7) is 0. The van der Waals surface area contributed by atoms with Gasteiger partial charge in [-0.2, -0.15) is 0 Å². The van der Waals surface area contributed by atoms with Crippen molar-refractivity contribution < 1.29 is 13.2 Å². The van der Waals surface area contributed by atoms with Crippen LogP contribution in [0, 0.1) is 0 Å². The van der Waals surface area contributed by atoms with E-state index in [2.05, 4.69) is 31.0 Å². The molecule has 6 nitrogen and oxygen atoms in total. The molecule has 0 aliphatic carbocycles. The van der Waals surface area contributed by atoms with Crippen LogP contribution in [-0.4, -0.2) is 19.3 Å². The molecule has 30 heavy (non-hydrogen) atoms. The number of nitrogens with zero attached hydrogens (tertiary/aromatic N) is 1. The summed E-state index contributed by atoms with van der Waals surface area (Å²) in [6.07, 6.45) is 0. The minimum atomic E-state index is -3.81. The standard InChI is InChI=1S/C20H13BrClN3O3S2/c21-16-5-2-6-17-18(16)23-20(29-17)24-19(26)12-3-1-4-14(11-12)25-30(27,28)15-9-7-13(22)8-10-15/h1-11,25H,(H,23,24,26). The molecule has 0 spiro atoms. The number of aromatic nitrogens is 1. The normalized spacial score (nSPS) is 11.4. The number of rotatable bonds is 5. The van der Waals surface area contributed by atoms with E-state index in [9.17, 15) is 13.2 Å². The minimum Gasteiger partial charge on any atom is -0.298 e. The number of sulfonamides is 1. The number of para-hydroxylation sites is 1. The molecular formula is C20H13BrClN3O3S2. The van der Waals surface area contributed by atoms with Crippen LogP contribution >= 0.6 is 38.9 Å². The molecule has 0 aliphatic rings. The predicted octanol–water partition coefficient (Wildman–Crippen LogP) is 5.77. The highest BCUT2D eigenvalue weighted by atomic mass is 79.9. The summed E-state index contributed by atoms with van der Waals surface area (Å²) in [5.74, 6) is -0.391. The predicted molar refractivity (Wildman–Crippen MR) is 124 cm³/mol. The molecule has 0 aliphatic heterocycles. The lowest BCUT2D eigenvalue weighted by molar-refractivity contribution is 0.102. The van der Waals surface area contributed by atoms with E-state index in [1.807, 2.05) is 18.2 Å². The topological polar surface area (TPSA) is 88.2 Å². The summed E-state index contributed by atoms with van der Waals surface area (Å²) in [5, 5.41) is 3.65. The van der Waals surface area contributed by atoms with Crippen LogP contribution in [0.4, 0.5) is 10.8 Å². The molecular weight excluding hydrogens is 510 g/mol. The Labute approximate surface area is 190 Å². The van der Waals surface area contributed by atoms with E-state index < -0.39 is 15.9 Å². The van der Waals surface area contributed by atoms with Gasteiger partial charge < -0.3 is 0 Å². The summed E-state index contributed by atoms with van der Waals surface area (Å²) in [6, 6.07) is 17.7. The van der Waals surface area contributed by atoms with Crippen molar-refractivity contribution in [2.24, 2.45) is 0 Å². The van der Waals surface area contributed by atoms with Crippen LogP contribution in [0.3, 0.4) is 0 Å². The molecule has 3 aromatic carbocycles. The van der Waals surface area contributed by atoms with Gasteiger partial charge in [-0.05, 0) is 70.5 Å². The number of nitrogens with one attached hydrogen (secondary N) is 2. The van der Waals surface area contributed by atoms with Gasteiger partial charge in [0.1, 0.15) is 0 Å². The van der Waals surface area contributed by atoms with Crippen molar-refractivity contribution in [2.45, 2.75) is 4.90 Å². The van der Waals surface area contributed by atoms with Crippen molar-refractivity contribution in [3.8, 4) is 0 Å². The smallest absolute Gasteiger partial charge is 0.261 e. The second-order valence-electron chi connectivity index (χ2n) is 6.20. The average Bonchev–Trinajstić information content (AvgIpc) is 3.12. The third-order valence-corrected chi connectivity index (χ3v) is 7.32. The second kappa shape index (κ2) is 8.35. The molecule has 10 heteroatoms. The van der Waals surface area contributed by atoms with Crippen molar-refractivity contribution in [1.82, 2.24) is 4.98 Å². The Morgan fingerprint density at radius 3 is 2.50 bits per heavy atom. The lowest BCUT2D eigenvalue weighted by atomic mass is 10.2. The van der Waals surface area contributed by atoms with Gasteiger partial charge in [-0.25, -0.2) is 13.4 Å². The van der Waals surface area contributed by atoms with Crippen LogP contribution < -0.4 is 10.0 Å². The summed E-state index contributed by atoms with van der Waals surface area (Å²) in [5.41, 5.74) is 1.33. The Bertz CT molecular complexity index is 1360. The number of thiazole rings is 1. The van der Waals surface area contributed by atoms with Crippen molar-refractivity contribution in [3.63, 3.8) is 0 Å². The highest BCUT2D eigenvalue weighted by molar-refractivity contribution is 9.10. The number of hydrogen-bond donors (Lipinski definition) is 2. The fourth-order valence-electron chi connectivity index (χ4n) is 2.69. The monoisotopic (exact) mass is 521 g/mol. The SMILES string of the molecule is O=C(Nc1nc2c(Br)cccc2s1)c1cccc(NS(=O)(=O)c2ccc(Cl)cc2)c1.